The van der Waals surface area contributed by atoms with Crippen LogP contribution in [0, 0.1) is 17.0 Å². The van der Waals surface area contributed by atoms with E-state index in [2.05, 4.69) is 4.98 Å². The number of hydrogen-bond acceptors (Lipinski definition) is 5. The molecule has 0 saturated carbocycles. The number of aromatic nitrogens is 1. The number of benzene rings is 1. The van der Waals surface area contributed by atoms with Crippen LogP contribution in [0.25, 0.3) is 22.4 Å². The first-order chi connectivity index (χ1) is 9.56. The van der Waals surface area contributed by atoms with E-state index in [4.69, 9.17) is 10.2 Å². The van der Waals surface area contributed by atoms with Crippen LogP contribution in [0.2, 0.25) is 0 Å². The SMILES string of the molecule is Cc1cccc2cc(-c3nc(N)ccc3[N+](=O)[O-])oc12. The summed E-state index contributed by atoms with van der Waals surface area (Å²) in [5, 5.41) is 11.9. The molecule has 6 nitrogen and oxygen atoms in total. The Morgan fingerprint density at radius 1 is 1.30 bits per heavy atom. The lowest BCUT2D eigenvalue weighted by atomic mass is 10.1. The third-order valence-electron chi connectivity index (χ3n) is 3.07. The third-order valence-corrected chi connectivity index (χ3v) is 3.07. The van der Waals surface area contributed by atoms with E-state index in [1.165, 1.54) is 12.1 Å². The Morgan fingerprint density at radius 3 is 2.80 bits per heavy atom. The molecule has 0 atom stereocenters. The fraction of sp³-hybridized carbons (Fsp3) is 0.0714. The molecule has 20 heavy (non-hydrogen) atoms. The lowest BCUT2D eigenvalue weighted by molar-refractivity contribution is -0.384. The van der Waals surface area contributed by atoms with E-state index in [9.17, 15) is 10.1 Å². The van der Waals surface area contributed by atoms with Crippen LogP contribution in [0.4, 0.5) is 11.5 Å². The van der Waals surface area contributed by atoms with Gasteiger partial charge in [0.05, 0.1) is 4.92 Å². The number of para-hydroxylation sites is 1. The molecule has 0 aliphatic carbocycles. The van der Waals surface area contributed by atoms with E-state index in [0.29, 0.717) is 11.3 Å². The highest BCUT2D eigenvalue weighted by Gasteiger charge is 2.21. The lowest BCUT2D eigenvalue weighted by Gasteiger charge is -2.00. The zero-order valence-electron chi connectivity index (χ0n) is 10.7. The van der Waals surface area contributed by atoms with Gasteiger partial charge in [-0.1, -0.05) is 18.2 Å². The molecule has 0 fully saturated rings. The van der Waals surface area contributed by atoms with Gasteiger partial charge in [0.1, 0.15) is 11.4 Å². The number of rotatable bonds is 2. The Kier molecular flexibility index (Phi) is 2.64. The molecule has 2 N–H and O–H groups in total. The second-order valence-electron chi connectivity index (χ2n) is 4.46. The van der Waals surface area contributed by atoms with Gasteiger partial charge in [0, 0.05) is 11.5 Å². The normalized spacial score (nSPS) is 10.8. The van der Waals surface area contributed by atoms with Crippen molar-refractivity contribution in [1.29, 1.82) is 0 Å². The summed E-state index contributed by atoms with van der Waals surface area (Å²) >= 11 is 0. The van der Waals surface area contributed by atoms with Gasteiger partial charge >= 0.3 is 0 Å². The summed E-state index contributed by atoms with van der Waals surface area (Å²) in [5.74, 6) is 0.552. The summed E-state index contributed by atoms with van der Waals surface area (Å²) in [6.45, 7) is 1.91. The van der Waals surface area contributed by atoms with Gasteiger partial charge in [-0.25, -0.2) is 4.98 Å². The highest BCUT2D eigenvalue weighted by atomic mass is 16.6. The summed E-state index contributed by atoms with van der Waals surface area (Å²) in [6, 6.07) is 10.2. The Labute approximate surface area is 114 Å². The molecule has 0 aliphatic heterocycles. The average Bonchev–Trinajstić information content (AvgIpc) is 2.83. The predicted octanol–water partition coefficient (Wildman–Crippen LogP) is 3.29. The lowest BCUT2D eigenvalue weighted by Crippen LogP contribution is -1.97. The van der Waals surface area contributed by atoms with Gasteiger partial charge in [0.15, 0.2) is 11.5 Å². The Hall–Kier alpha value is -2.89. The van der Waals surface area contributed by atoms with Crippen LogP contribution < -0.4 is 5.73 Å². The molecule has 3 aromatic rings. The molecule has 0 spiro atoms. The van der Waals surface area contributed by atoms with Gasteiger partial charge < -0.3 is 10.2 Å². The minimum atomic E-state index is -0.498. The maximum absolute atomic E-state index is 11.1. The van der Waals surface area contributed by atoms with Crippen LogP contribution in [0.3, 0.4) is 0 Å². The molecule has 2 heterocycles. The predicted molar refractivity (Wildman–Crippen MR) is 75.2 cm³/mol. The Morgan fingerprint density at radius 2 is 2.10 bits per heavy atom. The van der Waals surface area contributed by atoms with Crippen LogP contribution in [0.5, 0.6) is 0 Å². The molecule has 0 aliphatic rings. The van der Waals surface area contributed by atoms with Crippen molar-refractivity contribution in [1.82, 2.24) is 4.98 Å². The van der Waals surface area contributed by atoms with Crippen molar-refractivity contribution in [3.63, 3.8) is 0 Å². The monoisotopic (exact) mass is 269 g/mol. The average molecular weight is 269 g/mol. The number of aryl methyl sites for hydroxylation is 1. The maximum Gasteiger partial charge on any atom is 0.298 e. The van der Waals surface area contributed by atoms with Crippen LogP contribution in [0.15, 0.2) is 40.8 Å². The highest BCUT2D eigenvalue weighted by molar-refractivity contribution is 5.86. The highest BCUT2D eigenvalue weighted by Crippen LogP contribution is 2.34. The van der Waals surface area contributed by atoms with Gasteiger partial charge in [0.25, 0.3) is 5.69 Å². The zero-order valence-corrected chi connectivity index (χ0v) is 10.7. The van der Waals surface area contributed by atoms with E-state index in [1.807, 2.05) is 25.1 Å². The first-order valence-electron chi connectivity index (χ1n) is 5.96. The summed E-state index contributed by atoms with van der Waals surface area (Å²) in [7, 11) is 0. The number of hydrogen-bond donors (Lipinski definition) is 1. The van der Waals surface area contributed by atoms with Crippen LogP contribution >= 0.6 is 0 Å². The quantitative estimate of drug-likeness (QED) is 0.568. The molecule has 2 aromatic heterocycles. The van der Waals surface area contributed by atoms with Crippen molar-refractivity contribution >= 4 is 22.5 Å². The van der Waals surface area contributed by atoms with Gasteiger partial charge in [-0.3, -0.25) is 10.1 Å². The van der Waals surface area contributed by atoms with Gasteiger partial charge in [-0.2, -0.15) is 0 Å². The smallest absolute Gasteiger partial charge is 0.298 e. The zero-order chi connectivity index (χ0) is 14.3. The number of anilines is 1. The topological polar surface area (TPSA) is 95.2 Å². The fourth-order valence-electron chi connectivity index (χ4n) is 2.12. The van der Waals surface area contributed by atoms with E-state index < -0.39 is 4.92 Å². The molecular weight excluding hydrogens is 258 g/mol. The third kappa shape index (κ3) is 1.87. The van der Waals surface area contributed by atoms with Crippen molar-refractivity contribution in [2.45, 2.75) is 6.92 Å². The second-order valence-corrected chi connectivity index (χ2v) is 4.46. The van der Waals surface area contributed by atoms with E-state index in [0.717, 1.165) is 10.9 Å². The van der Waals surface area contributed by atoms with Crippen molar-refractivity contribution in [2.75, 3.05) is 5.73 Å². The van der Waals surface area contributed by atoms with Gasteiger partial charge in [0.2, 0.25) is 0 Å². The largest absolute Gasteiger partial charge is 0.454 e. The van der Waals surface area contributed by atoms with Gasteiger partial charge in [-0.15, -0.1) is 0 Å². The van der Waals surface area contributed by atoms with Crippen molar-refractivity contribution in [3.8, 4) is 11.5 Å². The molecule has 3 rings (SSSR count). The molecule has 100 valence electrons. The van der Waals surface area contributed by atoms with Crippen molar-refractivity contribution < 1.29 is 9.34 Å². The molecule has 0 saturated heterocycles. The second kappa shape index (κ2) is 4.34. The standard InChI is InChI=1S/C14H11N3O3/c1-8-3-2-4-9-7-11(20-14(8)9)13-10(17(18)19)5-6-12(15)16-13/h2-7H,1H3,(H2,15,16). The number of pyridine rings is 1. The molecule has 0 amide bonds. The summed E-state index contributed by atoms with van der Waals surface area (Å²) in [6.07, 6.45) is 0. The number of furan rings is 1. The Bertz CT molecular complexity index is 824. The first kappa shape index (κ1) is 12.2. The molecular formula is C14H11N3O3. The number of nitrogens with zero attached hydrogens (tertiary/aromatic N) is 2. The number of nitrogen functional groups attached to an aromatic ring is 1. The minimum absolute atomic E-state index is 0.129. The first-order valence-corrected chi connectivity index (χ1v) is 5.96. The van der Waals surface area contributed by atoms with Gasteiger partial charge in [-0.05, 0) is 24.6 Å². The van der Waals surface area contributed by atoms with Crippen molar-refractivity contribution in [2.24, 2.45) is 0 Å². The summed E-state index contributed by atoms with van der Waals surface area (Å²) < 4.78 is 5.71. The maximum atomic E-state index is 11.1. The molecule has 6 heteroatoms. The Balaban J connectivity index is 2.27. The fourth-order valence-corrected chi connectivity index (χ4v) is 2.12. The van der Waals surface area contributed by atoms with Crippen LogP contribution in [0.1, 0.15) is 5.56 Å². The van der Waals surface area contributed by atoms with Crippen LogP contribution in [-0.2, 0) is 0 Å². The van der Waals surface area contributed by atoms with Crippen LogP contribution in [-0.4, -0.2) is 9.91 Å². The summed E-state index contributed by atoms with van der Waals surface area (Å²) in [5.41, 5.74) is 7.28. The molecule has 0 bridgehead atoms. The van der Waals surface area contributed by atoms with E-state index in [-0.39, 0.29) is 17.2 Å². The number of fused-ring (bicyclic) bond motifs is 1. The molecule has 1 aromatic carbocycles. The van der Waals surface area contributed by atoms with E-state index >= 15 is 0 Å². The number of nitrogens with two attached hydrogens (primary N) is 1. The van der Waals surface area contributed by atoms with Crippen molar-refractivity contribution in [3.05, 3.63) is 52.1 Å². The minimum Gasteiger partial charge on any atom is -0.454 e. The summed E-state index contributed by atoms with van der Waals surface area (Å²) in [4.78, 5) is 14.6. The number of nitro groups is 1. The van der Waals surface area contributed by atoms with E-state index in [1.54, 1.807) is 6.07 Å². The molecule has 0 unspecified atom stereocenters. The molecule has 0 radical (unpaired) electrons.